The van der Waals surface area contributed by atoms with E-state index in [2.05, 4.69) is 0 Å². The summed E-state index contributed by atoms with van der Waals surface area (Å²) in [5, 5.41) is 10.7. The number of aliphatic hydroxyl groups is 1. The Morgan fingerprint density at radius 3 is 2.27 bits per heavy atom. The highest BCUT2D eigenvalue weighted by molar-refractivity contribution is 5.92. The largest absolute Gasteiger partial charge is 0.392 e. The Hall–Kier alpha value is -1.93. The zero-order chi connectivity index (χ0) is 15.4. The summed E-state index contributed by atoms with van der Waals surface area (Å²) in [4.78, 5) is 13.1. The molecule has 2 nitrogen and oxygen atoms in total. The second kappa shape index (κ2) is 6.45. The van der Waals surface area contributed by atoms with Gasteiger partial charge in [-0.3, -0.25) is 4.79 Å². The van der Waals surface area contributed by atoms with Crippen molar-refractivity contribution in [1.29, 1.82) is 0 Å². The predicted molar refractivity (Wildman–Crippen MR) is 87.7 cm³/mol. The molecule has 0 aliphatic heterocycles. The number of aliphatic hydroxyl groups excluding tert-OH is 1. The van der Waals surface area contributed by atoms with Crippen molar-refractivity contribution in [2.75, 3.05) is 0 Å². The van der Waals surface area contributed by atoms with E-state index in [1.807, 2.05) is 60.7 Å². The fraction of sp³-hybridized carbons (Fsp3) is 0.350. The van der Waals surface area contributed by atoms with E-state index in [0.717, 1.165) is 30.4 Å². The van der Waals surface area contributed by atoms with Crippen LogP contribution in [0.2, 0.25) is 0 Å². The molecule has 0 aromatic heterocycles. The first-order valence-corrected chi connectivity index (χ1v) is 8.04. The van der Waals surface area contributed by atoms with Crippen molar-refractivity contribution in [3.63, 3.8) is 0 Å². The highest BCUT2D eigenvalue weighted by Crippen LogP contribution is 2.41. The SMILES string of the molecule is O=C(Cc1ccccc1)[C@]1(c2ccccc2)CCCC[C@@H]1O. The highest BCUT2D eigenvalue weighted by Gasteiger charge is 2.46. The molecular weight excluding hydrogens is 272 g/mol. The molecule has 114 valence electrons. The molecule has 0 spiro atoms. The summed E-state index contributed by atoms with van der Waals surface area (Å²) in [6, 6.07) is 19.6. The van der Waals surface area contributed by atoms with Gasteiger partial charge in [0.2, 0.25) is 0 Å². The molecule has 0 unspecified atom stereocenters. The first kappa shape index (κ1) is 15.0. The molecule has 2 aromatic rings. The van der Waals surface area contributed by atoms with Gasteiger partial charge in [0.05, 0.1) is 11.5 Å². The minimum Gasteiger partial charge on any atom is -0.392 e. The molecule has 0 amide bonds. The first-order chi connectivity index (χ1) is 10.7. The molecule has 1 saturated carbocycles. The monoisotopic (exact) mass is 294 g/mol. The van der Waals surface area contributed by atoms with Crippen LogP contribution in [0.25, 0.3) is 0 Å². The molecule has 1 fully saturated rings. The molecule has 0 saturated heterocycles. The third kappa shape index (κ3) is 2.71. The van der Waals surface area contributed by atoms with Crippen molar-refractivity contribution in [1.82, 2.24) is 0 Å². The quantitative estimate of drug-likeness (QED) is 0.934. The van der Waals surface area contributed by atoms with E-state index < -0.39 is 11.5 Å². The number of carbonyl (C=O) groups is 1. The average Bonchev–Trinajstić information content (AvgIpc) is 2.57. The summed E-state index contributed by atoms with van der Waals surface area (Å²) in [7, 11) is 0. The lowest BCUT2D eigenvalue weighted by Crippen LogP contribution is -2.49. The maximum Gasteiger partial charge on any atom is 0.150 e. The van der Waals surface area contributed by atoms with Crippen molar-refractivity contribution in [2.45, 2.75) is 43.6 Å². The van der Waals surface area contributed by atoms with Gasteiger partial charge < -0.3 is 5.11 Å². The van der Waals surface area contributed by atoms with Crippen molar-refractivity contribution >= 4 is 5.78 Å². The maximum absolute atomic E-state index is 13.1. The standard InChI is InChI=1S/C20H22O2/c21-18-13-7-8-14-20(18,17-11-5-2-6-12-17)19(22)15-16-9-3-1-4-10-16/h1-6,9-12,18,21H,7-8,13-15H2/t18-,20-/m0/s1. The van der Waals surface area contributed by atoms with Gasteiger partial charge in [-0.1, -0.05) is 73.5 Å². The van der Waals surface area contributed by atoms with Gasteiger partial charge in [0.1, 0.15) is 5.78 Å². The minimum absolute atomic E-state index is 0.136. The number of carbonyl (C=O) groups excluding carboxylic acids is 1. The van der Waals surface area contributed by atoms with Crippen LogP contribution in [0.5, 0.6) is 0 Å². The zero-order valence-electron chi connectivity index (χ0n) is 12.7. The van der Waals surface area contributed by atoms with E-state index in [4.69, 9.17) is 0 Å². The summed E-state index contributed by atoms with van der Waals surface area (Å²) in [6.07, 6.45) is 3.23. The molecule has 3 rings (SSSR count). The second-order valence-corrected chi connectivity index (χ2v) is 6.18. The van der Waals surface area contributed by atoms with Crippen molar-refractivity contribution in [3.8, 4) is 0 Å². The molecule has 22 heavy (non-hydrogen) atoms. The lowest BCUT2D eigenvalue weighted by molar-refractivity contribution is -0.130. The summed E-state index contributed by atoms with van der Waals surface area (Å²) in [5.74, 6) is 0.136. The smallest absolute Gasteiger partial charge is 0.150 e. The molecule has 0 radical (unpaired) electrons. The van der Waals surface area contributed by atoms with E-state index >= 15 is 0 Å². The third-order valence-corrected chi connectivity index (χ3v) is 4.86. The van der Waals surface area contributed by atoms with E-state index in [0.29, 0.717) is 12.8 Å². The average molecular weight is 294 g/mol. The van der Waals surface area contributed by atoms with E-state index in [1.165, 1.54) is 0 Å². The second-order valence-electron chi connectivity index (χ2n) is 6.18. The minimum atomic E-state index is -0.741. The van der Waals surface area contributed by atoms with Crippen LogP contribution in [0, 0.1) is 0 Å². The van der Waals surface area contributed by atoms with Gasteiger partial charge in [0.15, 0.2) is 0 Å². The molecule has 2 heteroatoms. The van der Waals surface area contributed by atoms with Gasteiger partial charge in [-0.05, 0) is 24.0 Å². The van der Waals surface area contributed by atoms with Gasteiger partial charge in [-0.25, -0.2) is 0 Å². The number of ketones is 1. The fourth-order valence-electron chi connectivity index (χ4n) is 3.65. The molecule has 1 aliphatic carbocycles. The Balaban J connectivity index is 1.97. The van der Waals surface area contributed by atoms with Crippen molar-refractivity contribution < 1.29 is 9.90 Å². The molecule has 0 bridgehead atoms. The molecule has 2 atom stereocenters. The molecular formula is C20H22O2. The third-order valence-electron chi connectivity index (χ3n) is 4.86. The van der Waals surface area contributed by atoms with Gasteiger partial charge >= 0.3 is 0 Å². The van der Waals surface area contributed by atoms with E-state index in [9.17, 15) is 9.90 Å². The van der Waals surface area contributed by atoms with Gasteiger partial charge in [0, 0.05) is 6.42 Å². The van der Waals surface area contributed by atoms with E-state index in [-0.39, 0.29) is 5.78 Å². The van der Waals surface area contributed by atoms with Gasteiger partial charge in [0.25, 0.3) is 0 Å². The van der Waals surface area contributed by atoms with Crippen LogP contribution < -0.4 is 0 Å². The number of benzene rings is 2. The lowest BCUT2D eigenvalue weighted by Gasteiger charge is -2.41. The van der Waals surface area contributed by atoms with Crippen LogP contribution >= 0.6 is 0 Å². The zero-order valence-corrected chi connectivity index (χ0v) is 12.7. The first-order valence-electron chi connectivity index (χ1n) is 8.04. The van der Waals surface area contributed by atoms with Crippen LogP contribution in [0.15, 0.2) is 60.7 Å². The Kier molecular flexibility index (Phi) is 4.39. The van der Waals surface area contributed by atoms with Gasteiger partial charge in [-0.2, -0.15) is 0 Å². The molecule has 1 aliphatic rings. The summed E-state index contributed by atoms with van der Waals surface area (Å²) in [5.41, 5.74) is 1.23. The molecule has 2 aromatic carbocycles. The lowest BCUT2D eigenvalue weighted by atomic mass is 9.64. The topological polar surface area (TPSA) is 37.3 Å². The Labute approximate surface area is 131 Å². The predicted octanol–water partition coefficient (Wildman–Crippen LogP) is 3.67. The van der Waals surface area contributed by atoms with Crippen molar-refractivity contribution in [2.24, 2.45) is 0 Å². The normalized spacial score (nSPS) is 24.9. The van der Waals surface area contributed by atoms with Crippen LogP contribution in [0.1, 0.15) is 36.8 Å². The number of Topliss-reactive ketones (excluding diaryl/α,β-unsaturated/α-hetero) is 1. The summed E-state index contributed by atoms with van der Waals surface area (Å²) in [6.45, 7) is 0. The Morgan fingerprint density at radius 2 is 1.64 bits per heavy atom. The van der Waals surface area contributed by atoms with Crippen LogP contribution in [0.3, 0.4) is 0 Å². The fourth-order valence-corrected chi connectivity index (χ4v) is 3.65. The summed E-state index contributed by atoms with van der Waals surface area (Å²) >= 11 is 0. The summed E-state index contributed by atoms with van der Waals surface area (Å²) < 4.78 is 0. The number of rotatable bonds is 4. The van der Waals surface area contributed by atoms with Crippen molar-refractivity contribution in [3.05, 3.63) is 71.8 Å². The van der Waals surface area contributed by atoms with E-state index in [1.54, 1.807) is 0 Å². The number of hydrogen-bond donors (Lipinski definition) is 1. The Morgan fingerprint density at radius 1 is 1.00 bits per heavy atom. The van der Waals surface area contributed by atoms with Gasteiger partial charge in [-0.15, -0.1) is 0 Å². The maximum atomic E-state index is 13.1. The van der Waals surface area contributed by atoms with Crippen LogP contribution in [-0.2, 0) is 16.6 Å². The molecule has 0 heterocycles. The Bertz CT molecular complexity index is 621. The number of hydrogen-bond acceptors (Lipinski definition) is 2. The molecule has 1 N–H and O–H groups in total. The van der Waals surface area contributed by atoms with Crippen LogP contribution in [0.4, 0.5) is 0 Å². The highest BCUT2D eigenvalue weighted by atomic mass is 16.3. The van der Waals surface area contributed by atoms with Crippen LogP contribution in [-0.4, -0.2) is 17.0 Å².